The Morgan fingerprint density at radius 3 is 2.59 bits per heavy atom. The molecular weight excluding hydrogens is 401 g/mol. The van der Waals surface area contributed by atoms with Crippen LogP contribution in [0.3, 0.4) is 0 Å². The Bertz CT molecular complexity index is 887. The molecule has 1 unspecified atom stereocenters. The first-order chi connectivity index (χ1) is 13.8. The van der Waals surface area contributed by atoms with Gasteiger partial charge in [-0.1, -0.05) is 25.1 Å². The molecule has 0 bridgehead atoms. The average molecular weight is 422 g/mol. The van der Waals surface area contributed by atoms with Crippen molar-refractivity contribution in [1.82, 2.24) is 5.32 Å². The van der Waals surface area contributed by atoms with E-state index >= 15 is 0 Å². The molecule has 0 radical (unpaired) electrons. The molecule has 0 saturated heterocycles. The number of thioether (sulfide) groups is 1. The van der Waals surface area contributed by atoms with Crippen molar-refractivity contribution in [2.45, 2.75) is 36.1 Å². The Balaban J connectivity index is 1.72. The number of rotatable bonds is 4. The molecule has 1 N–H and O–H groups in total. The molecule has 1 aliphatic rings. The smallest absolute Gasteiger partial charge is 0.352 e. The lowest BCUT2D eigenvalue weighted by atomic mass is 10.1. The van der Waals surface area contributed by atoms with E-state index in [1.807, 2.05) is 6.92 Å². The number of hydrogen-bond donors (Lipinski definition) is 1. The summed E-state index contributed by atoms with van der Waals surface area (Å²) < 4.78 is 39.5. The summed E-state index contributed by atoms with van der Waals surface area (Å²) in [5, 5.41) is 2.86. The quantitative estimate of drug-likeness (QED) is 0.774. The molecule has 8 heteroatoms. The zero-order chi connectivity index (χ0) is 21.0. The molecule has 4 nitrogen and oxygen atoms in total. The van der Waals surface area contributed by atoms with Crippen LogP contribution >= 0.6 is 11.8 Å². The SMILES string of the molecule is CC1CCN(C(=O)CCNC(=O)c2ccccc2)c2cc(C(F)(F)F)ccc2S1. The summed E-state index contributed by atoms with van der Waals surface area (Å²) in [4.78, 5) is 26.9. The number of nitrogens with zero attached hydrogens (tertiary/aromatic N) is 1. The molecule has 0 aliphatic carbocycles. The van der Waals surface area contributed by atoms with Gasteiger partial charge in [-0.25, -0.2) is 0 Å². The van der Waals surface area contributed by atoms with Crippen molar-refractivity contribution >= 4 is 29.3 Å². The highest BCUT2D eigenvalue weighted by Gasteiger charge is 2.33. The highest BCUT2D eigenvalue weighted by atomic mass is 32.2. The van der Waals surface area contributed by atoms with Gasteiger partial charge in [-0.2, -0.15) is 13.2 Å². The monoisotopic (exact) mass is 422 g/mol. The van der Waals surface area contributed by atoms with Gasteiger partial charge in [-0.3, -0.25) is 9.59 Å². The van der Waals surface area contributed by atoms with Gasteiger partial charge in [0.1, 0.15) is 0 Å². The summed E-state index contributed by atoms with van der Waals surface area (Å²) in [7, 11) is 0. The van der Waals surface area contributed by atoms with E-state index in [0.29, 0.717) is 23.4 Å². The fourth-order valence-corrected chi connectivity index (χ4v) is 4.17. The van der Waals surface area contributed by atoms with Crippen LogP contribution in [0.2, 0.25) is 0 Å². The van der Waals surface area contributed by atoms with Crippen molar-refractivity contribution in [2.24, 2.45) is 0 Å². The number of anilines is 1. The summed E-state index contributed by atoms with van der Waals surface area (Å²) >= 11 is 1.47. The first kappa shape index (κ1) is 21.2. The van der Waals surface area contributed by atoms with Gasteiger partial charge in [0.05, 0.1) is 11.3 Å². The first-order valence-electron chi connectivity index (χ1n) is 9.27. The number of benzene rings is 2. The van der Waals surface area contributed by atoms with E-state index in [1.54, 1.807) is 30.3 Å². The lowest BCUT2D eigenvalue weighted by Gasteiger charge is -2.24. The number of hydrogen-bond acceptors (Lipinski definition) is 3. The third-order valence-corrected chi connectivity index (χ3v) is 5.86. The minimum absolute atomic E-state index is 0.00725. The van der Waals surface area contributed by atoms with Crippen LogP contribution in [0.4, 0.5) is 18.9 Å². The number of nitrogens with one attached hydrogen (secondary N) is 1. The van der Waals surface area contributed by atoms with Crippen molar-refractivity contribution in [3.05, 3.63) is 59.7 Å². The van der Waals surface area contributed by atoms with E-state index in [0.717, 1.165) is 12.1 Å². The summed E-state index contributed by atoms with van der Waals surface area (Å²) in [5.74, 6) is -0.605. The number of amides is 2. The first-order valence-corrected chi connectivity index (χ1v) is 10.1. The van der Waals surface area contributed by atoms with Crippen LogP contribution in [0, 0.1) is 0 Å². The minimum atomic E-state index is -4.48. The van der Waals surface area contributed by atoms with E-state index < -0.39 is 11.7 Å². The second-order valence-corrected chi connectivity index (χ2v) is 8.29. The Labute approximate surface area is 171 Å². The molecule has 1 atom stereocenters. The van der Waals surface area contributed by atoms with E-state index in [9.17, 15) is 22.8 Å². The number of carbonyl (C=O) groups excluding carboxylic acids is 2. The van der Waals surface area contributed by atoms with E-state index in [-0.39, 0.29) is 35.7 Å². The normalized spacial score (nSPS) is 16.7. The second-order valence-electron chi connectivity index (χ2n) is 6.81. The van der Waals surface area contributed by atoms with Crippen LogP contribution in [0.25, 0.3) is 0 Å². The maximum absolute atomic E-state index is 13.2. The van der Waals surface area contributed by atoms with Gasteiger partial charge in [0.25, 0.3) is 5.91 Å². The summed E-state index contributed by atoms with van der Waals surface area (Å²) in [6, 6.07) is 12.1. The zero-order valence-electron chi connectivity index (χ0n) is 15.8. The number of halogens is 3. The van der Waals surface area contributed by atoms with Crippen molar-refractivity contribution in [2.75, 3.05) is 18.0 Å². The van der Waals surface area contributed by atoms with Gasteiger partial charge in [-0.05, 0) is 36.8 Å². The van der Waals surface area contributed by atoms with Gasteiger partial charge in [-0.15, -0.1) is 11.8 Å². The van der Waals surface area contributed by atoms with Crippen LogP contribution in [-0.4, -0.2) is 30.2 Å². The summed E-state index contributed by atoms with van der Waals surface area (Å²) in [6.07, 6.45) is -3.80. The predicted octanol–water partition coefficient (Wildman–Crippen LogP) is 4.74. The topological polar surface area (TPSA) is 49.4 Å². The van der Waals surface area contributed by atoms with E-state index in [4.69, 9.17) is 0 Å². The van der Waals surface area contributed by atoms with Crippen LogP contribution in [-0.2, 0) is 11.0 Å². The molecule has 154 valence electrons. The van der Waals surface area contributed by atoms with Crippen LogP contribution < -0.4 is 10.2 Å². The van der Waals surface area contributed by atoms with Crippen LogP contribution in [0.5, 0.6) is 0 Å². The van der Waals surface area contributed by atoms with Gasteiger partial charge in [0, 0.05) is 35.2 Å². The molecule has 1 heterocycles. The molecule has 2 amide bonds. The third-order valence-electron chi connectivity index (χ3n) is 4.63. The molecule has 1 aliphatic heterocycles. The van der Waals surface area contributed by atoms with Crippen molar-refractivity contribution < 1.29 is 22.8 Å². The van der Waals surface area contributed by atoms with Gasteiger partial charge >= 0.3 is 6.18 Å². The zero-order valence-corrected chi connectivity index (χ0v) is 16.6. The maximum Gasteiger partial charge on any atom is 0.416 e. The van der Waals surface area contributed by atoms with Crippen molar-refractivity contribution in [3.63, 3.8) is 0 Å². The third kappa shape index (κ3) is 5.32. The highest BCUT2D eigenvalue weighted by molar-refractivity contribution is 8.00. The fraction of sp³-hybridized carbons (Fsp3) is 0.333. The van der Waals surface area contributed by atoms with Gasteiger partial charge in [0.15, 0.2) is 0 Å². The average Bonchev–Trinajstić information content (AvgIpc) is 2.85. The standard InChI is InChI=1S/C21H21F3N2O2S/c1-14-10-12-26(17-13-16(21(22,23)24)7-8-18(17)29-14)19(27)9-11-25-20(28)15-5-3-2-4-6-15/h2-8,13-14H,9-12H2,1H3,(H,25,28). The van der Waals surface area contributed by atoms with Crippen LogP contribution in [0.1, 0.15) is 35.7 Å². The Hall–Kier alpha value is -2.48. The van der Waals surface area contributed by atoms with Gasteiger partial charge in [0.2, 0.25) is 5.91 Å². The fourth-order valence-electron chi connectivity index (χ4n) is 3.08. The van der Waals surface area contributed by atoms with Crippen molar-refractivity contribution in [1.29, 1.82) is 0 Å². The number of carbonyl (C=O) groups is 2. The molecule has 0 fully saturated rings. The minimum Gasteiger partial charge on any atom is -0.352 e. The molecule has 3 rings (SSSR count). The summed E-state index contributed by atoms with van der Waals surface area (Å²) in [6.45, 7) is 2.44. The lowest BCUT2D eigenvalue weighted by molar-refractivity contribution is -0.137. The Kier molecular flexibility index (Phi) is 6.52. The lowest BCUT2D eigenvalue weighted by Crippen LogP contribution is -2.35. The molecule has 0 spiro atoms. The molecule has 0 aromatic heterocycles. The Morgan fingerprint density at radius 2 is 1.90 bits per heavy atom. The summed E-state index contributed by atoms with van der Waals surface area (Å²) in [5.41, 5.74) is -0.00439. The molecule has 0 saturated carbocycles. The molecule has 2 aromatic rings. The molecule has 2 aromatic carbocycles. The van der Waals surface area contributed by atoms with Crippen molar-refractivity contribution in [3.8, 4) is 0 Å². The molecule has 29 heavy (non-hydrogen) atoms. The maximum atomic E-state index is 13.2. The Morgan fingerprint density at radius 1 is 1.17 bits per heavy atom. The van der Waals surface area contributed by atoms with E-state index in [1.165, 1.54) is 22.7 Å². The number of fused-ring (bicyclic) bond motifs is 1. The number of alkyl halides is 3. The predicted molar refractivity (Wildman–Crippen MR) is 107 cm³/mol. The molecular formula is C21H21F3N2O2S. The largest absolute Gasteiger partial charge is 0.416 e. The highest BCUT2D eigenvalue weighted by Crippen LogP contribution is 2.41. The van der Waals surface area contributed by atoms with Crippen LogP contribution in [0.15, 0.2) is 53.4 Å². The van der Waals surface area contributed by atoms with E-state index in [2.05, 4.69) is 5.32 Å². The van der Waals surface area contributed by atoms with Gasteiger partial charge < -0.3 is 10.2 Å². The second kappa shape index (κ2) is 8.90.